The standard InChI is InChI=1S/C20H26N2O4.2C2H6.CH2O/c1-4-7-9-16(19(23)25-6-3)12-17-14-22(20(24)26-17)18-11-10-15(8-5-2)13-21-18;3*1-2/h10-11,13,16-17H,4,6-7,9,12,14H2,1-3H3;2*1-2H3;1H2. The normalized spacial score (nSPS) is 14.5. The van der Waals surface area contributed by atoms with Gasteiger partial charge in [0.2, 0.25) is 0 Å². The maximum atomic E-state index is 12.2. The van der Waals surface area contributed by atoms with Gasteiger partial charge in [0.05, 0.1) is 19.1 Å². The van der Waals surface area contributed by atoms with Gasteiger partial charge in [-0.15, -0.1) is 5.92 Å². The van der Waals surface area contributed by atoms with E-state index >= 15 is 0 Å². The van der Waals surface area contributed by atoms with Gasteiger partial charge in [-0.2, -0.15) is 0 Å². The maximum Gasteiger partial charge on any atom is 0.415 e. The molecule has 0 radical (unpaired) electrons. The number of carbonyl (C=O) groups is 3. The number of pyridine rings is 1. The van der Waals surface area contributed by atoms with E-state index in [1.54, 1.807) is 26.1 Å². The fourth-order valence-corrected chi connectivity index (χ4v) is 2.96. The second-order valence-electron chi connectivity index (χ2n) is 6.22. The molecule has 32 heavy (non-hydrogen) atoms. The van der Waals surface area contributed by atoms with Gasteiger partial charge in [-0.1, -0.05) is 53.4 Å². The lowest BCUT2D eigenvalue weighted by Gasteiger charge is -2.18. The van der Waals surface area contributed by atoms with E-state index in [2.05, 4.69) is 23.7 Å². The second kappa shape index (κ2) is 20.0. The summed E-state index contributed by atoms with van der Waals surface area (Å²) in [7, 11) is 0. The summed E-state index contributed by atoms with van der Waals surface area (Å²) in [5, 5.41) is 0. The van der Waals surface area contributed by atoms with Crippen LogP contribution in [0, 0.1) is 17.8 Å². The van der Waals surface area contributed by atoms with Gasteiger partial charge in [-0.25, -0.2) is 9.78 Å². The largest absolute Gasteiger partial charge is 0.466 e. The minimum absolute atomic E-state index is 0.212. The Hall–Kier alpha value is -2.88. The lowest BCUT2D eigenvalue weighted by molar-refractivity contribution is -0.149. The molecule has 0 bridgehead atoms. The molecule has 1 amide bonds. The van der Waals surface area contributed by atoms with Gasteiger partial charge in [-0.05, 0) is 38.8 Å². The SMILES string of the molecule is C=O.CC.CC.CC#Cc1ccc(N2CC(CC(CCCC)C(=O)OCC)OC2=O)nc1. The number of aromatic nitrogens is 1. The van der Waals surface area contributed by atoms with E-state index in [-0.39, 0.29) is 18.0 Å². The molecule has 1 aromatic heterocycles. The molecule has 0 N–H and O–H groups in total. The van der Waals surface area contributed by atoms with Crippen LogP contribution in [0.25, 0.3) is 0 Å². The number of hydrogen-bond acceptors (Lipinski definition) is 6. The molecule has 1 aromatic rings. The number of ether oxygens (including phenoxy) is 2. The summed E-state index contributed by atoms with van der Waals surface area (Å²) in [4.78, 5) is 38.2. The summed E-state index contributed by atoms with van der Waals surface area (Å²) in [5.41, 5.74) is 0.794. The van der Waals surface area contributed by atoms with Crippen LogP contribution >= 0.6 is 0 Å². The maximum absolute atomic E-state index is 12.2. The number of unbranched alkanes of at least 4 members (excludes halogenated alkanes) is 1. The highest BCUT2D eigenvalue weighted by atomic mass is 16.6. The Kier molecular flexibility index (Phi) is 19.6. The van der Waals surface area contributed by atoms with Crippen LogP contribution in [-0.2, 0) is 19.1 Å². The number of anilines is 1. The van der Waals surface area contributed by atoms with Crippen LogP contribution in [0.15, 0.2) is 18.3 Å². The van der Waals surface area contributed by atoms with E-state index in [0.717, 1.165) is 24.8 Å². The van der Waals surface area contributed by atoms with E-state index in [9.17, 15) is 9.59 Å². The number of esters is 1. The molecule has 0 saturated carbocycles. The third kappa shape index (κ3) is 10.9. The smallest absolute Gasteiger partial charge is 0.415 e. The van der Waals surface area contributed by atoms with Gasteiger partial charge in [-0.3, -0.25) is 9.69 Å². The second-order valence-corrected chi connectivity index (χ2v) is 6.22. The van der Waals surface area contributed by atoms with Crippen LogP contribution in [-0.4, -0.2) is 43.1 Å². The number of cyclic esters (lactones) is 1. The number of amides is 1. The molecule has 7 heteroatoms. The van der Waals surface area contributed by atoms with Crippen molar-refractivity contribution in [2.24, 2.45) is 5.92 Å². The van der Waals surface area contributed by atoms with Crippen molar-refractivity contribution in [3.8, 4) is 11.8 Å². The van der Waals surface area contributed by atoms with Crippen molar-refractivity contribution in [2.75, 3.05) is 18.1 Å². The molecule has 2 atom stereocenters. The minimum atomic E-state index is -0.435. The van der Waals surface area contributed by atoms with Gasteiger partial charge in [0.25, 0.3) is 0 Å². The molecule has 1 fully saturated rings. The molecule has 180 valence electrons. The number of nitrogens with zero attached hydrogens (tertiary/aromatic N) is 2. The van der Waals surface area contributed by atoms with Crippen LogP contribution in [0.1, 0.15) is 79.7 Å². The topological polar surface area (TPSA) is 85.8 Å². The average molecular weight is 449 g/mol. The van der Waals surface area contributed by atoms with Gasteiger partial charge < -0.3 is 14.3 Å². The van der Waals surface area contributed by atoms with Crippen molar-refractivity contribution in [3.05, 3.63) is 23.9 Å². The summed E-state index contributed by atoms with van der Waals surface area (Å²) in [6.45, 7) is 16.4. The molecule has 1 saturated heterocycles. The quantitative estimate of drug-likeness (QED) is 0.391. The first-order valence-electron chi connectivity index (χ1n) is 11.4. The molecule has 0 aliphatic carbocycles. The zero-order valence-corrected chi connectivity index (χ0v) is 20.8. The molecule has 0 aromatic carbocycles. The Morgan fingerprint density at radius 2 is 1.94 bits per heavy atom. The highest BCUT2D eigenvalue weighted by molar-refractivity contribution is 5.88. The molecule has 2 rings (SSSR count). The number of carbonyl (C=O) groups excluding carboxylic acids is 3. The predicted molar refractivity (Wildman–Crippen MR) is 128 cm³/mol. The van der Waals surface area contributed by atoms with E-state index in [0.29, 0.717) is 25.4 Å². The van der Waals surface area contributed by atoms with Crippen molar-refractivity contribution < 1.29 is 23.9 Å². The van der Waals surface area contributed by atoms with Crippen molar-refractivity contribution in [1.29, 1.82) is 0 Å². The van der Waals surface area contributed by atoms with Gasteiger partial charge in [0.15, 0.2) is 0 Å². The van der Waals surface area contributed by atoms with E-state index in [4.69, 9.17) is 14.3 Å². The van der Waals surface area contributed by atoms with Gasteiger partial charge in [0, 0.05) is 11.8 Å². The third-order valence-electron chi connectivity index (χ3n) is 4.24. The highest BCUT2D eigenvalue weighted by Gasteiger charge is 2.36. The van der Waals surface area contributed by atoms with Crippen LogP contribution in [0.3, 0.4) is 0 Å². The summed E-state index contributed by atoms with van der Waals surface area (Å²) in [5.74, 6) is 5.79. The summed E-state index contributed by atoms with van der Waals surface area (Å²) in [6, 6.07) is 3.57. The number of rotatable bonds is 8. The van der Waals surface area contributed by atoms with E-state index in [1.165, 1.54) is 4.90 Å². The molecule has 1 aliphatic rings. The molecule has 7 nitrogen and oxygen atoms in total. The van der Waals surface area contributed by atoms with Gasteiger partial charge >= 0.3 is 12.1 Å². The molecule has 2 heterocycles. The monoisotopic (exact) mass is 448 g/mol. The first-order chi connectivity index (χ1) is 15.6. The first-order valence-corrected chi connectivity index (χ1v) is 11.4. The molecule has 0 spiro atoms. The number of hydrogen-bond donors (Lipinski definition) is 0. The molecular formula is C25H40N2O5. The third-order valence-corrected chi connectivity index (χ3v) is 4.24. The Balaban J connectivity index is 0. The minimum Gasteiger partial charge on any atom is -0.466 e. The van der Waals surface area contributed by atoms with Crippen LogP contribution < -0.4 is 4.90 Å². The van der Waals surface area contributed by atoms with E-state index < -0.39 is 6.09 Å². The molecular weight excluding hydrogens is 408 g/mol. The molecule has 1 aliphatic heterocycles. The Morgan fingerprint density at radius 3 is 2.44 bits per heavy atom. The fourth-order valence-electron chi connectivity index (χ4n) is 2.96. The van der Waals surface area contributed by atoms with E-state index in [1.807, 2.05) is 40.6 Å². The summed E-state index contributed by atoms with van der Waals surface area (Å²) in [6.07, 6.45) is 4.01. The highest BCUT2D eigenvalue weighted by Crippen LogP contribution is 2.26. The van der Waals surface area contributed by atoms with Crippen LogP contribution in [0.5, 0.6) is 0 Å². The average Bonchev–Trinajstić information content (AvgIpc) is 3.21. The Labute approximate surface area is 193 Å². The van der Waals surface area contributed by atoms with Crippen molar-refractivity contribution in [2.45, 2.75) is 80.3 Å². The summed E-state index contributed by atoms with van der Waals surface area (Å²) >= 11 is 0. The zero-order chi connectivity index (χ0) is 24.9. The summed E-state index contributed by atoms with van der Waals surface area (Å²) < 4.78 is 10.6. The van der Waals surface area contributed by atoms with Gasteiger partial charge in [0.1, 0.15) is 18.7 Å². The van der Waals surface area contributed by atoms with Crippen LogP contribution in [0.4, 0.5) is 10.6 Å². The lowest BCUT2D eigenvalue weighted by atomic mass is 9.95. The van der Waals surface area contributed by atoms with Crippen molar-refractivity contribution >= 4 is 24.7 Å². The lowest BCUT2D eigenvalue weighted by Crippen LogP contribution is -2.28. The van der Waals surface area contributed by atoms with Crippen molar-refractivity contribution in [3.63, 3.8) is 0 Å². The Morgan fingerprint density at radius 1 is 1.28 bits per heavy atom. The zero-order valence-electron chi connectivity index (χ0n) is 20.8. The molecule has 2 unspecified atom stereocenters. The fraction of sp³-hybridized carbons (Fsp3) is 0.600. The predicted octanol–water partition coefficient (Wildman–Crippen LogP) is 5.41. The van der Waals surface area contributed by atoms with Crippen LogP contribution in [0.2, 0.25) is 0 Å². The van der Waals surface area contributed by atoms with Crippen molar-refractivity contribution in [1.82, 2.24) is 4.98 Å². The first kappa shape index (κ1) is 31.3. The Bertz CT molecular complexity index is 695.